The first-order valence-electron chi connectivity index (χ1n) is 5.52. The molecule has 0 saturated carbocycles. The van der Waals surface area contributed by atoms with Gasteiger partial charge in [0.25, 0.3) is 0 Å². The molecule has 0 aliphatic heterocycles. The lowest BCUT2D eigenvalue weighted by Crippen LogP contribution is -2.21. The van der Waals surface area contributed by atoms with Gasteiger partial charge in [-0.05, 0) is 26.9 Å². The predicted molar refractivity (Wildman–Crippen MR) is 66.1 cm³/mol. The van der Waals surface area contributed by atoms with Gasteiger partial charge in [0.1, 0.15) is 5.01 Å². The van der Waals surface area contributed by atoms with Crippen molar-refractivity contribution in [2.75, 3.05) is 13.1 Å². The van der Waals surface area contributed by atoms with E-state index in [0.717, 1.165) is 25.3 Å². The molecule has 15 heavy (non-hydrogen) atoms. The van der Waals surface area contributed by atoms with E-state index in [9.17, 15) is 0 Å². The third-order valence-electron chi connectivity index (χ3n) is 2.54. The average molecular weight is 227 g/mol. The summed E-state index contributed by atoms with van der Waals surface area (Å²) in [5, 5.41) is 1.18. The first-order chi connectivity index (χ1) is 7.08. The molecular weight excluding hydrogens is 206 g/mol. The molecule has 1 heterocycles. The van der Waals surface area contributed by atoms with E-state index < -0.39 is 0 Å². The molecule has 0 saturated heterocycles. The fourth-order valence-electron chi connectivity index (χ4n) is 1.59. The van der Waals surface area contributed by atoms with Crippen molar-refractivity contribution in [1.29, 1.82) is 0 Å². The molecule has 0 fully saturated rings. The van der Waals surface area contributed by atoms with E-state index in [2.05, 4.69) is 23.7 Å². The Hall–Kier alpha value is -0.450. The first-order valence-corrected chi connectivity index (χ1v) is 6.34. The quantitative estimate of drug-likeness (QED) is 0.839. The van der Waals surface area contributed by atoms with E-state index in [-0.39, 0.29) is 6.04 Å². The second-order valence-electron chi connectivity index (χ2n) is 3.81. The van der Waals surface area contributed by atoms with Crippen LogP contribution in [0.5, 0.6) is 0 Å². The van der Waals surface area contributed by atoms with Gasteiger partial charge < -0.3 is 5.73 Å². The fraction of sp³-hybridized carbons (Fsp3) is 0.727. The maximum Gasteiger partial charge on any atom is 0.107 e. The van der Waals surface area contributed by atoms with Crippen molar-refractivity contribution in [3.63, 3.8) is 0 Å². The Morgan fingerprint density at radius 2 is 2.00 bits per heavy atom. The summed E-state index contributed by atoms with van der Waals surface area (Å²) < 4.78 is 0. The summed E-state index contributed by atoms with van der Waals surface area (Å²) in [5.41, 5.74) is 6.98. The Morgan fingerprint density at radius 1 is 1.40 bits per heavy atom. The minimum atomic E-state index is 0.105. The summed E-state index contributed by atoms with van der Waals surface area (Å²) in [4.78, 5) is 8.15. The summed E-state index contributed by atoms with van der Waals surface area (Å²) in [6, 6.07) is 0.105. The number of nitrogens with two attached hydrogens (primary N) is 1. The van der Waals surface area contributed by atoms with E-state index in [1.807, 2.05) is 13.8 Å². The molecule has 1 unspecified atom stereocenters. The number of aryl methyl sites for hydroxylation is 1. The van der Waals surface area contributed by atoms with E-state index in [1.54, 1.807) is 11.3 Å². The number of thiazole rings is 1. The second-order valence-corrected chi connectivity index (χ2v) is 4.92. The Kier molecular flexibility index (Phi) is 4.70. The highest BCUT2D eigenvalue weighted by Crippen LogP contribution is 2.24. The summed E-state index contributed by atoms with van der Waals surface area (Å²) >= 11 is 1.75. The van der Waals surface area contributed by atoms with Crippen LogP contribution in [0.3, 0.4) is 0 Å². The third-order valence-corrected chi connectivity index (χ3v) is 3.89. The van der Waals surface area contributed by atoms with E-state index in [1.165, 1.54) is 9.88 Å². The zero-order valence-corrected chi connectivity index (χ0v) is 10.9. The Bertz CT molecular complexity index is 303. The summed E-state index contributed by atoms with van der Waals surface area (Å²) in [6.45, 7) is 11.5. The SMILES string of the molecule is CCN(CC)Cc1nc(C)c(C(C)N)s1. The van der Waals surface area contributed by atoms with Gasteiger partial charge in [-0.2, -0.15) is 0 Å². The summed E-state index contributed by atoms with van der Waals surface area (Å²) in [7, 11) is 0. The van der Waals surface area contributed by atoms with Gasteiger partial charge in [0.05, 0.1) is 12.2 Å². The number of rotatable bonds is 5. The van der Waals surface area contributed by atoms with E-state index in [4.69, 9.17) is 5.73 Å². The van der Waals surface area contributed by atoms with Gasteiger partial charge in [-0.3, -0.25) is 4.90 Å². The van der Waals surface area contributed by atoms with Crippen LogP contribution >= 0.6 is 11.3 Å². The van der Waals surface area contributed by atoms with Gasteiger partial charge >= 0.3 is 0 Å². The molecule has 0 amide bonds. The van der Waals surface area contributed by atoms with Crippen LogP contribution in [0, 0.1) is 6.92 Å². The van der Waals surface area contributed by atoms with E-state index in [0.29, 0.717) is 0 Å². The van der Waals surface area contributed by atoms with Gasteiger partial charge in [0.2, 0.25) is 0 Å². The van der Waals surface area contributed by atoms with Gasteiger partial charge in [0.15, 0.2) is 0 Å². The fourth-order valence-corrected chi connectivity index (χ4v) is 2.66. The molecule has 1 aromatic rings. The lowest BCUT2D eigenvalue weighted by atomic mass is 10.2. The highest BCUT2D eigenvalue weighted by Gasteiger charge is 2.12. The van der Waals surface area contributed by atoms with Crippen LogP contribution in [-0.2, 0) is 6.54 Å². The minimum Gasteiger partial charge on any atom is -0.323 e. The van der Waals surface area contributed by atoms with Crippen molar-refractivity contribution in [1.82, 2.24) is 9.88 Å². The standard InChI is InChI=1S/C11H21N3S/c1-5-14(6-2)7-10-13-9(4)11(15-10)8(3)12/h8H,5-7,12H2,1-4H3. The summed E-state index contributed by atoms with van der Waals surface area (Å²) in [5.74, 6) is 0. The van der Waals surface area contributed by atoms with Crippen molar-refractivity contribution in [3.8, 4) is 0 Å². The molecule has 1 rings (SSSR count). The van der Waals surface area contributed by atoms with Crippen LogP contribution in [0.15, 0.2) is 0 Å². The molecule has 0 aromatic carbocycles. The molecule has 4 heteroatoms. The van der Waals surface area contributed by atoms with Gasteiger partial charge in [-0.25, -0.2) is 4.98 Å². The highest BCUT2D eigenvalue weighted by atomic mass is 32.1. The number of hydrogen-bond acceptors (Lipinski definition) is 4. The van der Waals surface area contributed by atoms with Gasteiger partial charge in [-0.1, -0.05) is 13.8 Å². The predicted octanol–water partition coefficient (Wildman–Crippen LogP) is 2.31. The van der Waals surface area contributed by atoms with Crippen LogP contribution in [0.2, 0.25) is 0 Å². The molecule has 0 spiro atoms. The molecule has 0 bridgehead atoms. The van der Waals surface area contributed by atoms with Crippen LogP contribution in [0.1, 0.15) is 42.4 Å². The molecule has 2 N–H and O–H groups in total. The smallest absolute Gasteiger partial charge is 0.107 e. The molecule has 1 atom stereocenters. The third kappa shape index (κ3) is 3.26. The van der Waals surface area contributed by atoms with Crippen molar-refractivity contribution < 1.29 is 0 Å². The minimum absolute atomic E-state index is 0.105. The Balaban J connectivity index is 2.74. The van der Waals surface area contributed by atoms with Gasteiger partial charge in [0, 0.05) is 10.9 Å². The largest absolute Gasteiger partial charge is 0.323 e. The molecule has 86 valence electrons. The maximum atomic E-state index is 5.88. The maximum absolute atomic E-state index is 5.88. The zero-order chi connectivity index (χ0) is 11.4. The van der Waals surface area contributed by atoms with Gasteiger partial charge in [-0.15, -0.1) is 11.3 Å². The van der Waals surface area contributed by atoms with Crippen molar-refractivity contribution in [2.24, 2.45) is 5.73 Å². The molecule has 3 nitrogen and oxygen atoms in total. The topological polar surface area (TPSA) is 42.2 Å². The lowest BCUT2D eigenvalue weighted by molar-refractivity contribution is 0.295. The number of nitrogens with zero attached hydrogens (tertiary/aromatic N) is 2. The zero-order valence-electron chi connectivity index (χ0n) is 10.1. The molecule has 0 aliphatic carbocycles. The second kappa shape index (κ2) is 5.58. The van der Waals surface area contributed by atoms with Crippen LogP contribution in [0.25, 0.3) is 0 Å². The first kappa shape index (κ1) is 12.6. The molecular formula is C11H21N3S. The Labute approximate surface area is 96.3 Å². The normalized spacial score (nSPS) is 13.5. The molecule has 1 aromatic heterocycles. The van der Waals surface area contributed by atoms with Crippen LogP contribution < -0.4 is 5.73 Å². The van der Waals surface area contributed by atoms with Crippen molar-refractivity contribution >= 4 is 11.3 Å². The molecule has 0 radical (unpaired) electrons. The van der Waals surface area contributed by atoms with Crippen molar-refractivity contribution in [3.05, 3.63) is 15.6 Å². The van der Waals surface area contributed by atoms with E-state index >= 15 is 0 Å². The highest BCUT2D eigenvalue weighted by molar-refractivity contribution is 7.11. The number of aromatic nitrogens is 1. The van der Waals surface area contributed by atoms with Crippen LogP contribution in [0.4, 0.5) is 0 Å². The Morgan fingerprint density at radius 3 is 2.40 bits per heavy atom. The summed E-state index contributed by atoms with van der Waals surface area (Å²) in [6.07, 6.45) is 0. The lowest BCUT2D eigenvalue weighted by Gasteiger charge is -2.15. The van der Waals surface area contributed by atoms with Crippen LogP contribution in [-0.4, -0.2) is 23.0 Å². The monoisotopic (exact) mass is 227 g/mol. The van der Waals surface area contributed by atoms with Crippen molar-refractivity contribution in [2.45, 2.75) is 40.3 Å². The number of hydrogen-bond donors (Lipinski definition) is 1. The molecule has 0 aliphatic rings. The average Bonchev–Trinajstić information content (AvgIpc) is 2.56.